The molecule has 0 aliphatic heterocycles. The van der Waals surface area contributed by atoms with E-state index in [1.165, 1.54) is 0 Å². The molecule has 0 saturated carbocycles. The van der Waals surface area contributed by atoms with E-state index >= 15 is 0 Å². The first-order chi connectivity index (χ1) is 11.7. The fourth-order valence-corrected chi connectivity index (χ4v) is 2.26. The van der Waals surface area contributed by atoms with Gasteiger partial charge in [-0.2, -0.15) is 0 Å². The highest BCUT2D eigenvalue weighted by Gasteiger charge is 2.22. The van der Waals surface area contributed by atoms with Gasteiger partial charge in [-0.1, -0.05) is 31.5 Å². The van der Waals surface area contributed by atoms with Crippen molar-refractivity contribution in [1.29, 1.82) is 0 Å². The molecule has 6 nitrogen and oxygen atoms in total. The largest absolute Gasteiger partial charge is 0.450 e. The maximum Gasteiger partial charge on any atom is 0.375 e. The van der Waals surface area contributed by atoms with Gasteiger partial charge in [0.15, 0.2) is 6.61 Å². The average Bonchev–Trinajstić information content (AvgIpc) is 2.96. The first-order valence-corrected chi connectivity index (χ1v) is 8.19. The van der Waals surface area contributed by atoms with E-state index in [1.807, 2.05) is 32.0 Å². The van der Waals surface area contributed by atoms with Gasteiger partial charge in [0.1, 0.15) is 5.58 Å². The molecule has 130 valence electrons. The minimum Gasteiger partial charge on any atom is -0.450 e. The fraction of sp³-hybridized carbons (Fsp3) is 0.444. The predicted molar refractivity (Wildman–Crippen MR) is 89.7 cm³/mol. The summed E-state index contributed by atoms with van der Waals surface area (Å²) >= 11 is 0. The lowest BCUT2D eigenvalue weighted by molar-refractivity contribution is -0.124. The number of nitrogens with one attached hydrogen (secondary N) is 1. The molecule has 0 spiro atoms. The molecule has 1 aromatic heterocycles. The van der Waals surface area contributed by atoms with Crippen LogP contribution in [-0.2, 0) is 20.9 Å². The van der Waals surface area contributed by atoms with Crippen molar-refractivity contribution in [2.24, 2.45) is 0 Å². The van der Waals surface area contributed by atoms with E-state index in [9.17, 15) is 9.59 Å². The lowest BCUT2D eigenvalue weighted by Gasteiger charge is -2.06. The number of rotatable bonds is 9. The third-order valence-corrected chi connectivity index (χ3v) is 3.52. The van der Waals surface area contributed by atoms with Gasteiger partial charge in [0, 0.05) is 24.1 Å². The molecule has 0 saturated heterocycles. The highest BCUT2D eigenvalue weighted by Crippen LogP contribution is 2.27. The van der Waals surface area contributed by atoms with Crippen molar-refractivity contribution in [3.8, 4) is 0 Å². The molecule has 0 radical (unpaired) electrons. The zero-order valence-electron chi connectivity index (χ0n) is 14.1. The molecule has 0 fully saturated rings. The summed E-state index contributed by atoms with van der Waals surface area (Å²) in [7, 11) is 0. The molecule has 1 N–H and O–H groups in total. The van der Waals surface area contributed by atoms with E-state index in [-0.39, 0.29) is 24.9 Å². The van der Waals surface area contributed by atoms with Crippen LogP contribution in [0.2, 0.25) is 0 Å². The minimum absolute atomic E-state index is 0.0889. The standard InChI is InChI=1S/C18H23NO5/c1-3-5-10-19-16(20)12-23-18(21)17-14(11-22-4-2)13-8-6-7-9-15(13)24-17/h6-9H,3-5,10-12H2,1-2H3,(H,19,20). The molecule has 6 heteroatoms. The summed E-state index contributed by atoms with van der Waals surface area (Å²) in [6.45, 7) is 4.93. The molecule has 2 aromatic rings. The highest BCUT2D eigenvalue weighted by atomic mass is 16.5. The van der Waals surface area contributed by atoms with Crippen molar-refractivity contribution >= 4 is 22.8 Å². The van der Waals surface area contributed by atoms with Crippen molar-refractivity contribution < 1.29 is 23.5 Å². The summed E-state index contributed by atoms with van der Waals surface area (Å²) in [6, 6.07) is 7.33. The van der Waals surface area contributed by atoms with E-state index in [4.69, 9.17) is 13.9 Å². The zero-order valence-corrected chi connectivity index (χ0v) is 14.1. The molecule has 1 aromatic carbocycles. The number of unbranched alkanes of at least 4 members (excludes halogenated alkanes) is 1. The molecule has 0 atom stereocenters. The molecule has 0 aliphatic rings. The molecular weight excluding hydrogens is 310 g/mol. The number of esters is 1. The third kappa shape index (κ3) is 4.58. The predicted octanol–water partition coefficient (Wildman–Crippen LogP) is 3.04. The maximum absolute atomic E-state index is 12.3. The molecule has 1 amide bonds. The van der Waals surface area contributed by atoms with Gasteiger partial charge in [0.05, 0.1) is 6.61 Å². The number of furan rings is 1. The molecule has 0 aliphatic carbocycles. The Morgan fingerprint density at radius 2 is 2.00 bits per heavy atom. The number of amides is 1. The van der Waals surface area contributed by atoms with Gasteiger partial charge in [-0.25, -0.2) is 4.79 Å². The number of para-hydroxylation sites is 1. The molecule has 2 rings (SSSR count). The van der Waals surface area contributed by atoms with Gasteiger partial charge in [-0.3, -0.25) is 4.79 Å². The second-order valence-corrected chi connectivity index (χ2v) is 5.32. The van der Waals surface area contributed by atoms with E-state index in [0.29, 0.717) is 24.3 Å². The number of fused-ring (bicyclic) bond motifs is 1. The molecule has 1 heterocycles. The van der Waals surface area contributed by atoms with E-state index < -0.39 is 5.97 Å². The van der Waals surface area contributed by atoms with Crippen LogP contribution >= 0.6 is 0 Å². The Hall–Kier alpha value is -2.34. The monoisotopic (exact) mass is 333 g/mol. The van der Waals surface area contributed by atoms with Crippen LogP contribution < -0.4 is 5.32 Å². The van der Waals surface area contributed by atoms with Crippen molar-refractivity contribution in [3.63, 3.8) is 0 Å². The van der Waals surface area contributed by atoms with Crippen molar-refractivity contribution in [2.75, 3.05) is 19.8 Å². The second kappa shape index (κ2) is 9.08. The average molecular weight is 333 g/mol. The Balaban J connectivity index is 2.06. The second-order valence-electron chi connectivity index (χ2n) is 5.32. The number of hydrogen-bond donors (Lipinski definition) is 1. The SMILES string of the molecule is CCCCNC(=O)COC(=O)c1oc2ccccc2c1COCC. The van der Waals surface area contributed by atoms with Gasteiger partial charge in [-0.15, -0.1) is 0 Å². The Morgan fingerprint density at radius 1 is 1.21 bits per heavy atom. The molecule has 24 heavy (non-hydrogen) atoms. The van der Waals surface area contributed by atoms with Gasteiger partial charge in [-0.05, 0) is 19.4 Å². The van der Waals surface area contributed by atoms with Gasteiger partial charge in [0.25, 0.3) is 5.91 Å². The van der Waals surface area contributed by atoms with Crippen LogP contribution in [0, 0.1) is 0 Å². The number of carbonyl (C=O) groups is 2. The van der Waals surface area contributed by atoms with Crippen LogP contribution in [0.1, 0.15) is 42.8 Å². The number of benzene rings is 1. The highest BCUT2D eigenvalue weighted by molar-refractivity contribution is 5.96. The van der Waals surface area contributed by atoms with Crippen molar-refractivity contribution in [2.45, 2.75) is 33.3 Å². The topological polar surface area (TPSA) is 77.8 Å². The van der Waals surface area contributed by atoms with Crippen LogP contribution in [-0.4, -0.2) is 31.6 Å². The van der Waals surface area contributed by atoms with Gasteiger partial charge in [0.2, 0.25) is 5.76 Å². The smallest absolute Gasteiger partial charge is 0.375 e. The number of hydrogen-bond acceptors (Lipinski definition) is 5. The summed E-state index contributed by atoms with van der Waals surface area (Å²) in [5.74, 6) is -0.892. The summed E-state index contributed by atoms with van der Waals surface area (Å²) in [4.78, 5) is 23.9. The minimum atomic E-state index is -0.661. The van der Waals surface area contributed by atoms with Gasteiger partial charge < -0.3 is 19.2 Å². The van der Waals surface area contributed by atoms with Crippen LogP contribution in [0.25, 0.3) is 11.0 Å². The van der Waals surface area contributed by atoms with Crippen LogP contribution in [0.15, 0.2) is 28.7 Å². The maximum atomic E-state index is 12.3. The first kappa shape index (κ1) is 18.0. The van der Waals surface area contributed by atoms with Crippen LogP contribution in [0.4, 0.5) is 0 Å². The summed E-state index contributed by atoms with van der Waals surface area (Å²) in [5.41, 5.74) is 1.23. The summed E-state index contributed by atoms with van der Waals surface area (Å²) in [5, 5.41) is 3.50. The summed E-state index contributed by atoms with van der Waals surface area (Å²) < 4.78 is 16.1. The van der Waals surface area contributed by atoms with E-state index in [1.54, 1.807) is 6.07 Å². The zero-order chi connectivity index (χ0) is 17.4. The lowest BCUT2D eigenvalue weighted by atomic mass is 10.1. The normalized spacial score (nSPS) is 10.8. The molecule has 0 unspecified atom stereocenters. The fourth-order valence-electron chi connectivity index (χ4n) is 2.26. The van der Waals surface area contributed by atoms with Gasteiger partial charge >= 0.3 is 5.97 Å². The summed E-state index contributed by atoms with van der Waals surface area (Å²) in [6.07, 6.45) is 1.88. The quantitative estimate of drug-likeness (QED) is 0.564. The van der Waals surface area contributed by atoms with Crippen LogP contribution in [0.5, 0.6) is 0 Å². The third-order valence-electron chi connectivity index (χ3n) is 3.52. The van der Waals surface area contributed by atoms with Crippen molar-refractivity contribution in [3.05, 3.63) is 35.6 Å². The lowest BCUT2D eigenvalue weighted by Crippen LogP contribution is -2.29. The number of ether oxygens (including phenoxy) is 2. The Kier molecular flexibility index (Phi) is 6.81. The number of carbonyl (C=O) groups excluding carboxylic acids is 2. The van der Waals surface area contributed by atoms with E-state index in [2.05, 4.69) is 5.32 Å². The Morgan fingerprint density at radius 3 is 2.75 bits per heavy atom. The van der Waals surface area contributed by atoms with E-state index in [0.717, 1.165) is 18.2 Å². The van der Waals surface area contributed by atoms with Crippen molar-refractivity contribution in [1.82, 2.24) is 5.32 Å². The Bertz CT molecular complexity index is 692. The first-order valence-electron chi connectivity index (χ1n) is 8.19. The molecular formula is C18H23NO5. The Labute approximate surface area is 141 Å². The molecule has 0 bridgehead atoms. The van der Waals surface area contributed by atoms with Crippen LogP contribution in [0.3, 0.4) is 0 Å².